The molecular formula is C26H35F3N4O3S. The molecule has 1 atom stereocenters. The number of thiocarbonyl (C=S) groups is 1. The minimum absolute atomic E-state index is 0.00652. The molecule has 0 spiro atoms. The summed E-state index contributed by atoms with van der Waals surface area (Å²) in [4.78, 5) is -0.00652. The largest absolute Gasteiger partial charge is 0.492 e. The van der Waals surface area contributed by atoms with Crippen molar-refractivity contribution in [1.82, 2.24) is 5.43 Å². The lowest BCUT2D eigenvalue weighted by Gasteiger charge is -2.14. The number of ether oxygens (including phenoxy) is 2. The molecule has 0 heterocycles. The van der Waals surface area contributed by atoms with Crippen LogP contribution in [-0.2, 0) is 4.74 Å². The number of aliphatic hydroxyl groups is 1. The highest BCUT2D eigenvalue weighted by Crippen LogP contribution is 2.27. The minimum Gasteiger partial charge on any atom is -0.492 e. The summed E-state index contributed by atoms with van der Waals surface area (Å²) in [7, 11) is 0. The molecular weight excluding hydrogens is 505 g/mol. The number of hydrogen-bond acceptors (Lipinski definition) is 7. The topological polar surface area (TPSA) is 113 Å². The minimum atomic E-state index is -4.59. The van der Waals surface area contributed by atoms with Crippen molar-refractivity contribution in [2.45, 2.75) is 44.8 Å². The van der Waals surface area contributed by atoms with Crippen LogP contribution in [0.25, 0.3) is 0 Å². The SMILES string of the molecule is C=C.CC/C=C(\C=C(/COCCCCCOc1ccccc1C#N)C(F)(F)F)C(=S)N/N=C/C(N)CO. The lowest BCUT2D eigenvalue weighted by Crippen LogP contribution is -2.28. The molecule has 4 N–H and O–H groups in total. The van der Waals surface area contributed by atoms with Crippen molar-refractivity contribution in [3.8, 4) is 11.8 Å². The number of aliphatic hydroxyl groups excluding tert-OH is 1. The third kappa shape index (κ3) is 15.0. The Morgan fingerprint density at radius 2 is 1.95 bits per heavy atom. The molecule has 0 aliphatic rings. The number of hydrazone groups is 1. The number of halogens is 3. The average Bonchev–Trinajstić information content (AvgIpc) is 2.89. The summed E-state index contributed by atoms with van der Waals surface area (Å²) in [5.74, 6) is 0.511. The highest BCUT2D eigenvalue weighted by Gasteiger charge is 2.34. The van der Waals surface area contributed by atoms with Crippen LogP contribution in [0.4, 0.5) is 13.2 Å². The number of para-hydroxylation sites is 1. The maximum atomic E-state index is 13.5. The molecule has 7 nitrogen and oxygen atoms in total. The Kier molecular flexibility index (Phi) is 18.4. The average molecular weight is 541 g/mol. The normalized spacial score (nSPS) is 12.9. The van der Waals surface area contributed by atoms with Gasteiger partial charge < -0.3 is 20.3 Å². The van der Waals surface area contributed by atoms with Gasteiger partial charge in [0.05, 0.1) is 37.0 Å². The fourth-order valence-electron chi connectivity index (χ4n) is 2.67. The number of nitrogens with zero attached hydrogens (tertiary/aromatic N) is 2. The van der Waals surface area contributed by atoms with Gasteiger partial charge in [0.2, 0.25) is 0 Å². The summed E-state index contributed by atoms with van der Waals surface area (Å²) in [6, 6.07) is 8.25. The molecule has 1 aromatic carbocycles. The third-order valence-electron chi connectivity index (χ3n) is 4.48. The molecule has 0 aliphatic carbocycles. The van der Waals surface area contributed by atoms with Crippen LogP contribution in [0.5, 0.6) is 5.75 Å². The molecule has 0 fully saturated rings. The summed E-state index contributed by atoms with van der Waals surface area (Å²) >= 11 is 5.14. The number of rotatable bonds is 15. The maximum Gasteiger partial charge on any atom is 0.414 e. The number of benzene rings is 1. The first-order chi connectivity index (χ1) is 17.7. The van der Waals surface area contributed by atoms with Crippen LogP contribution in [0, 0.1) is 11.3 Å². The van der Waals surface area contributed by atoms with E-state index >= 15 is 0 Å². The fourth-order valence-corrected chi connectivity index (χ4v) is 2.86. The third-order valence-corrected chi connectivity index (χ3v) is 4.81. The molecule has 0 radical (unpaired) electrons. The van der Waals surface area contributed by atoms with Crippen LogP contribution < -0.4 is 15.9 Å². The van der Waals surface area contributed by atoms with E-state index in [1.807, 2.05) is 0 Å². The monoisotopic (exact) mass is 540 g/mol. The zero-order chi connectivity index (χ0) is 28.1. The molecule has 0 bridgehead atoms. The lowest BCUT2D eigenvalue weighted by atomic mass is 10.1. The molecule has 1 unspecified atom stereocenters. The van der Waals surface area contributed by atoms with Crippen molar-refractivity contribution >= 4 is 23.4 Å². The van der Waals surface area contributed by atoms with Crippen LogP contribution in [0.15, 0.2) is 65.8 Å². The lowest BCUT2D eigenvalue weighted by molar-refractivity contribution is -0.101. The summed E-state index contributed by atoms with van der Waals surface area (Å²) < 4.78 is 51.5. The molecule has 0 amide bonds. The molecule has 204 valence electrons. The number of allylic oxidation sites excluding steroid dienone is 1. The van der Waals surface area contributed by atoms with Gasteiger partial charge in [-0.2, -0.15) is 23.5 Å². The van der Waals surface area contributed by atoms with E-state index in [0.717, 1.165) is 6.08 Å². The Hall–Kier alpha value is -3.04. The smallest absolute Gasteiger partial charge is 0.414 e. The van der Waals surface area contributed by atoms with Crippen LogP contribution in [0.1, 0.15) is 38.2 Å². The number of nitrogens with two attached hydrogens (primary N) is 1. The standard InChI is InChI=1S/C24H31F3N4O3S.C2H4/c1-2-8-18(23(35)31-30-15-21(29)16-32)13-20(24(25,26)27)17-33-11-6-3-7-12-34-22-10-5-4-9-19(22)14-28;1-2/h4-5,8-10,13,15,21,32H,2-3,6-7,11-12,16-17,29H2,1H3,(H,31,35);1-2H2/b18-8+,20-13+,30-15+;. The molecule has 11 heteroatoms. The van der Waals surface area contributed by atoms with Crippen LogP contribution in [0.2, 0.25) is 0 Å². The van der Waals surface area contributed by atoms with Crippen LogP contribution in [-0.4, -0.2) is 55.0 Å². The van der Waals surface area contributed by atoms with Gasteiger partial charge in [0.1, 0.15) is 16.8 Å². The molecule has 0 saturated heterocycles. The second-order valence-corrected chi connectivity index (χ2v) is 7.78. The Balaban J connectivity index is 0.00000631. The van der Waals surface area contributed by atoms with E-state index in [-0.39, 0.29) is 23.8 Å². The fraction of sp³-hybridized carbons (Fsp3) is 0.423. The molecule has 1 rings (SSSR count). The van der Waals surface area contributed by atoms with Crippen molar-refractivity contribution < 1.29 is 27.8 Å². The quantitative estimate of drug-likeness (QED) is 0.0547. The zero-order valence-corrected chi connectivity index (χ0v) is 21.8. The Morgan fingerprint density at radius 3 is 2.57 bits per heavy atom. The Bertz CT molecular complexity index is 944. The first-order valence-electron chi connectivity index (χ1n) is 11.6. The number of alkyl halides is 3. The summed E-state index contributed by atoms with van der Waals surface area (Å²) in [6.45, 7) is 7.38. The van der Waals surface area contributed by atoms with Crippen molar-refractivity contribution in [3.63, 3.8) is 0 Å². The maximum absolute atomic E-state index is 13.5. The molecule has 0 aliphatic heterocycles. The van der Waals surface area contributed by atoms with E-state index in [1.165, 1.54) is 6.21 Å². The van der Waals surface area contributed by atoms with Gasteiger partial charge in [0, 0.05) is 18.4 Å². The molecule has 0 saturated carbocycles. The number of nitriles is 1. The van der Waals surface area contributed by atoms with Gasteiger partial charge in [-0.3, -0.25) is 5.43 Å². The first kappa shape index (κ1) is 34.0. The van der Waals surface area contributed by atoms with Crippen LogP contribution >= 0.6 is 12.2 Å². The van der Waals surface area contributed by atoms with Crippen LogP contribution in [0.3, 0.4) is 0 Å². The number of nitrogens with one attached hydrogen (secondary N) is 1. The highest BCUT2D eigenvalue weighted by molar-refractivity contribution is 7.80. The van der Waals surface area contributed by atoms with Crippen molar-refractivity contribution in [1.29, 1.82) is 5.26 Å². The van der Waals surface area contributed by atoms with E-state index in [1.54, 1.807) is 37.3 Å². The van der Waals surface area contributed by atoms with Gasteiger partial charge in [-0.25, -0.2) is 0 Å². The summed E-state index contributed by atoms with van der Waals surface area (Å²) in [6.07, 6.45) is 1.51. The van der Waals surface area contributed by atoms with Crippen molar-refractivity contribution in [3.05, 3.63) is 66.3 Å². The van der Waals surface area contributed by atoms with E-state index in [9.17, 15) is 13.2 Å². The Labute approximate surface area is 222 Å². The van der Waals surface area contributed by atoms with Gasteiger partial charge in [-0.1, -0.05) is 37.4 Å². The predicted molar refractivity (Wildman–Crippen MR) is 144 cm³/mol. The molecule has 1 aromatic rings. The number of hydrogen-bond donors (Lipinski definition) is 3. The van der Waals surface area contributed by atoms with Crippen molar-refractivity contribution in [2.75, 3.05) is 26.4 Å². The van der Waals surface area contributed by atoms with Gasteiger partial charge >= 0.3 is 6.18 Å². The van der Waals surface area contributed by atoms with Gasteiger partial charge in [0.15, 0.2) is 0 Å². The summed E-state index contributed by atoms with van der Waals surface area (Å²) in [5, 5.41) is 21.7. The zero-order valence-electron chi connectivity index (χ0n) is 21.0. The number of unbranched alkanes of at least 4 members (excludes halogenated alkanes) is 2. The highest BCUT2D eigenvalue weighted by atomic mass is 32.1. The van der Waals surface area contributed by atoms with E-state index < -0.39 is 24.4 Å². The van der Waals surface area contributed by atoms with Gasteiger partial charge in [-0.05, 0) is 43.9 Å². The molecule has 0 aromatic heterocycles. The first-order valence-corrected chi connectivity index (χ1v) is 12.0. The van der Waals surface area contributed by atoms with E-state index in [2.05, 4.69) is 29.8 Å². The molecule has 37 heavy (non-hydrogen) atoms. The van der Waals surface area contributed by atoms with E-state index in [4.69, 9.17) is 37.8 Å². The predicted octanol–water partition coefficient (Wildman–Crippen LogP) is 4.97. The second-order valence-electron chi connectivity index (χ2n) is 7.37. The second kappa shape index (κ2) is 20.1. The van der Waals surface area contributed by atoms with Gasteiger partial charge in [-0.15, -0.1) is 13.2 Å². The van der Waals surface area contributed by atoms with E-state index in [0.29, 0.717) is 43.6 Å². The summed E-state index contributed by atoms with van der Waals surface area (Å²) in [5.41, 5.74) is 7.69. The van der Waals surface area contributed by atoms with Gasteiger partial charge in [0.25, 0.3) is 0 Å². The van der Waals surface area contributed by atoms with Crippen molar-refractivity contribution in [2.24, 2.45) is 10.8 Å². The Morgan fingerprint density at radius 1 is 1.27 bits per heavy atom.